The van der Waals surface area contributed by atoms with Gasteiger partial charge in [-0.3, -0.25) is 9.59 Å². The van der Waals surface area contributed by atoms with Crippen molar-refractivity contribution in [2.45, 2.75) is 25.1 Å². The first-order valence-corrected chi connectivity index (χ1v) is 8.20. The Labute approximate surface area is 154 Å². The number of alkyl halides is 3. The summed E-state index contributed by atoms with van der Waals surface area (Å²) >= 11 is 0. The third-order valence-corrected chi connectivity index (χ3v) is 4.05. The average molecular weight is 380 g/mol. The summed E-state index contributed by atoms with van der Waals surface area (Å²) in [6.45, 7) is 0.761. The fourth-order valence-electron chi connectivity index (χ4n) is 2.38. The molecule has 0 saturated carbocycles. The van der Waals surface area contributed by atoms with E-state index >= 15 is 0 Å². The number of aliphatic hydroxyl groups is 1. The highest BCUT2D eigenvalue weighted by molar-refractivity contribution is 6.39. The summed E-state index contributed by atoms with van der Waals surface area (Å²) in [5.41, 5.74) is -2.39. The number of anilines is 1. The molecule has 5 nitrogen and oxygen atoms in total. The third-order valence-electron chi connectivity index (χ3n) is 4.05. The second-order valence-corrected chi connectivity index (χ2v) is 5.91. The summed E-state index contributed by atoms with van der Waals surface area (Å²) < 4.78 is 40.1. The minimum Gasteiger partial charge on any atom is -0.375 e. The number of halogens is 3. The molecule has 0 fully saturated rings. The van der Waals surface area contributed by atoms with Crippen molar-refractivity contribution in [3.8, 4) is 0 Å². The molecular weight excluding hydrogens is 361 g/mol. The molecule has 0 radical (unpaired) electrons. The maximum absolute atomic E-state index is 13.4. The number of rotatable bonds is 5. The Morgan fingerprint density at radius 2 is 1.56 bits per heavy atom. The monoisotopic (exact) mass is 380 g/mol. The normalized spacial score (nSPS) is 13.5. The number of nitrogens with one attached hydrogen (secondary N) is 2. The second-order valence-electron chi connectivity index (χ2n) is 5.91. The summed E-state index contributed by atoms with van der Waals surface area (Å²) in [7, 11) is 0. The molecule has 27 heavy (non-hydrogen) atoms. The van der Waals surface area contributed by atoms with Crippen LogP contribution < -0.4 is 10.6 Å². The van der Waals surface area contributed by atoms with Crippen LogP contribution in [0.5, 0.6) is 0 Å². The average Bonchev–Trinajstić information content (AvgIpc) is 2.66. The van der Waals surface area contributed by atoms with Gasteiger partial charge in [0, 0.05) is 5.69 Å². The molecule has 0 bridgehead atoms. The zero-order valence-corrected chi connectivity index (χ0v) is 14.5. The van der Waals surface area contributed by atoms with Crippen LogP contribution in [0.2, 0.25) is 0 Å². The van der Waals surface area contributed by atoms with Gasteiger partial charge in [-0.15, -0.1) is 0 Å². The van der Waals surface area contributed by atoms with Crippen LogP contribution in [-0.2, 0) is 21.6 Å². The predicted molar refractivity (Wildman–Crippen MR) is 93.9 cm³/mol. The van der Waals surface area contributed by atoms with Gasteiger partial charge in [-0.05, 0) is 29.7 Å². The molecule has 0 aliphatic rings. The van der Waals surface area contributed by atoms with Crippen LogP contribution in [0.3, 0.4) is 0 Å². The van der Waals surface area contributed by atoms with E-state index in [1.54, 1.807) is 24.3 Å². The molecule has 2 aromatic rings. The molecule has 3 N–H and O–H groups in total. The molecule has 0 spiro atoms. The molecular formula is C19H19F3N2O3. The minimum absolute atomic E-state index is 0.335. The lowest BCUT2D eigenvalue weighted by molar-refractivity contribution is -0.264. The first-order valence-electron chi connectivity index (χ1n) is 8.20. The molecule has 2 rings (SSSR count). The van der Waals surface area contributed by atoms with Crippen molar-refractivity contribution in [2.24, 2.45) is 0 Å². The van der Waals surface area contributed by atoms with E-state index < -0.39 is 35.7 Å². The van der Waals surface area contributed by atoms with Gasteiger partial charge in [-0.2, -0.15) is 13.2 Å². The van der Waals surface area contributed by atoms with E-state index in [0.29, 0.717) is 5.69 Å². The quantitative estimate of drug-likeness (QED) is 0.698. The number of aryl methyl sites for hydroxylation is 1. The van der Waals surface area contributed by atoms with Gasteiger partial charge >= 0.3 is 18.0 Å². The molecule has 0 saturated heterocycles. The fourth-order valence-corrected chi connectivity index (χ4v) is 2.38. The third kappa shape index (κ3) is 4.85. The Kier molecular flexibility index (Phi) is 6.22. The highest BCUT2D eigenvalue weighted by Crippen LogP contribution is 2.38. The van der Waals surface area contributed by atoms with Crippen LogP contribution in [-0.4, -0.2) is 29.6 Å². The number of carbonyl (C=O) groups excluding carboxylic acids is 2. The van der Waals surface area contributed by atoms with Crippen molar-refractivity contribution in [1.29, 1.82) is 0 Å². The van der Waals surface area contributed by atoms with Gasteiger partial charge in [0.1, 0.15) is 0 Å². The second kappa shape index (κ2) is 8.22. The fraction of sp³-hybridized carbons (Fsp3) is 0.263. The highest BCUT2D eigenvalue weighted by atomic mass is 19.4. The predicted octanol–water partition coefficient (Wildman–Crippen LogP) is 2.75. The largest absolute Gasteiger partial charge is 0.423 e. The number of benzene rings is 2. The van der Waals surface area contributed by atoms with Crippen LogP contribution in [0.25, 0.3) is 0 Å². The lowest BCUT2D eigenvalue weighted by Gasteiger charge is -2.31. The van der Waals surface area contributed by atoms with E-state index in [4.69, 9.17) is 0 Å². The van der Waals surface area contributed by atoms with E-state index in [-0.39, 0.29) is 0 Å². The Hall–Kier alpha value is -2.87. The van der Waals surface area contributed by atoms with Crippen molar-refractivity contribution < 1.29 is 27.9 Å². The molecule has 2 amide bonds. The van der Waals surface area contributed by atoms with E-state index in [1.165, 1.54) is 18.2 Å². The first kappa shape index (κ1) is 20.4. The van der Waals surface area contributed by atoms with Gasteiger partial charge in [-0.1, -0.05) is 49.4 Å². The Balaban J connectivity index is 2.05. The first-order chi connectivity index (χ1) is 12.7. The van der Waals surface area contributed by atoms with E-state index in [1.807, 2.05) is 12.2 Å². The van der Waals surface area contributed by atoms with Crippen molar-refractivity contribution in [2.75, 3.05) is 11.9 Å². The number of hydrogen-bond donors (Lipinski definition) is 3. The van der Waals surface area contributed by atoms with Crippen LogP contribution in [0, 0.1) is 0 Å². The van der Waals surface area contributed by atoms with Crippen molar-refractivity contribution in [1.82, 2.24) is 5.32 Å². The van der Waals surface area contributed by atoms with Gasteiger partial charge in [0.25, 0.3) is 0 Å². The SMILES string of the molecule is CCc1ccc(NC(=O)C(=O)NCC(O)(c2ccccc2)C(F)(F)F)cc1. The topological polar surface area (TPSA) is 78.4 Å². The molecule has 0 heterocycles. The van der Waals surface area contributed by atoms with Crippen molar-refractivity contribution >= 4 is 17.5 Å². The van der Waals surface area contributed by atoms with Crippen LogP contribution >= 0.6 is 0 Å². The highest BCUT2D eigenvalue weighted by Gasteiger charge is 2.55. The van der Waals surface area contributed by atoms with E-state index in [2.05, 4.69) is 5.32 Å². The zero-order valence-electron chi connectivity index (χ0n) is 14.5. The van der Waals surface area contributed by atoms with E-state index in [0.717, 1.165) is 24.1 Å². The molecule has 8 heteroatoms. The van der Waals surface area contributed by atoms with Gasteiger partial charge < -0.3 is 15.7 Å². The van der Waals surface area contributed by atoms with Crippen LogP contribution in [0.15, 0.2) is 54.6 Å². The Morgan fingerprint density at radius 1 is 0.963 bits per heavy atom. The molecule has 2 aromatic carbocycles. The maximum Gasteiger partial charge on any atom is 0.423 e. The molecule has 0 aliphatic heterocycles. The van der Waals surface area contributed by atoms with Gasteiger partial charge in [0.2, 0.25) is 5.60 Å². The lowest BCUT2D eigenvalue weighted by Crippen LogP contribution is -2.52. The Morgan fingerprint density at radius 3 is 2.07 bits per heavy atom. The van der Waals surface area contributed by atoms with Gasteiger partial charge in [0.05, 0.1) is 6.54 Å². The molecule has 0 aromatic heterocycles. The molecule has 144 valence electrons. The number of carbonyl (C=O) groups is 2. The Bertz CT molecular complexity index is 792. The summed E-state index contributed by atoms with van der Waals surface area (Å²) in [5.74, 6) is -2.41. The molecule has 1 atom stereocenters. The van der Waals surface area contributed by atoms with Gasteiger partial charge in [-0.25, -0.2) is 0 Å². The minimum atomic E-state index is -5.05. The summed E-state index contributed by atoms with van der Waals surface area (Å²) in [6, 6.07) is 13.0. The zero-order chi connectivity index (χ0) is 20.1. The van der Waals surface area contributed by atoms with Crippen LogP contribution in [0.1, 0.15) is 18.1 Å². The summed E-state index contributed by atoms with van der Waals surface area (Å²) in [4.78, 5) is 23.8. The molecule has 0 aliphatic carbocycles. The number of hydrogen-bond acceptors (Lipinski definition) is 3. The van der Waals surface area contributed by atoms with Crippen LogP contribution in [0.4, 0.5) is 18.9 Å². The summed E-state index contributed by atoms with van der Waals surface area (Å²) in [5, 5.41) is 14.3. The van der Waals surface area contributed by atoms with Gasteiger partial charge in [0.15, 0.2) is 0 Å². The van der Waals surface area contributed by atoms with E-state index in [9.17, 15) is 27.9 Å². The standard InChI is InChI=1S/C19H19F3N2O3/c1-2-13-8-10-15(11-9-13)24-17(26)16(25)23-12-18(27,19(20,21)22)14-6-4-3-5-7-14/h3-11,27H,2,12H2,1H3,(H,23,25)(H,24,26). The number of amides is 2. The maximum atomic E-state index is 13.4. The van der Waals surface area contributed by atoms with Crippen molar-refractivity contribution in [3.05, 3.63) is 65.7 Å². The smallest absolute Gasteiger partial charge is 0.375 e. The van der Waals surface area contributed by atoms with Crippen molar-refractivity contribution in [3.63, 3.8) is 0 Å². The summed E-state index contributed by atoms with van der Waals surface area (Å²) in [6.07, 6.45) is -4.25. The lowest BCUT2D eigenvalue weighted by atomic mass is 9.93. The molecule has 1 unspecified atom stereocenters.